The molecule has 0 unspecified atom stereocenters. The maximum Gasteiger partial charge on any atom is 0.229 e. The number of aromatic nitrogens is 2. The Morgan fingerprint density at radius 3 is 2.35 bits per heavy atom. The van der Waals surface area contributed by atoms with Crippen molar-refractivity contribution in [1.82, 2.24) is 14.9 Å². The summed E-state index contributed by atoms with van der Waals surface area (Å²) in [6.45, 7) is 7.82. The molecule has 5 rings (SSSR count). The molecule has 1 aliphatic heterocycles. The van der Waals surface area contributed by atoms with Gasteiger partial charge < -0.3 is 15.0 Å². The van der Waals surface area contributed by atoms with Crippen molar-refractivity contribution >= 4 is 28.2 Å². The van der Waals surface area contributed by atoms with E-state index in [-0.39, 0.29) is 0 Å². The first kappa shape index (κ1) is 19.9. The lowest BCUT2D eigenvalue weighted by Crippen LogP contribution is -2.43. The third-order valence-corrected chi connectivity index (χ3v) is 6.10. The molecule has 4 aromatic rings. The van der Waals surface area contributed by atoms with Crippen LogP contribution < -0.4 is 15.0 Å². The van der Waals surface area contributed by atoms with Gasteiger partial charge in [-0.25, -0.2) is 4.98 Å². The van der Waals surface area contributed by atoms with E-state index < -0.39 is 0 Å². The summed E-state index contributed by atoms with van der Waals surface area (Å²) in [5, 5.41) is 4.96. The third kappa shape index (κ3) is 3.54. The van der Waals surface area contributed by atoms with Gasteiger partial charge in [0.05, 0.1) is 5.52 Å². The van der Waals surface area contributed by atoms with Gasteiger partial charge in [0, 0.05) is 43.4 Å². The topological polar surface area (TPSA) is 42.3 Å². The van der Waals surface area contributed by atoms with Crippen molar-refractivity contribution in [3.63, 3.8) is 0 Å². The number of nitrogens with zero attached hydrogens (tertiary/aromatic N) is 3. The van der Waals surface area contributed by atoms with E-state index >= 15 is 0 Å². The van der Waals surface area contributed by atoms with Crippen LogP contribution in [0.4, 0.5) is 5.69 Å². The Kier molecular flexibility index (Phi) is 5.30. The minimum Gasteiger partial charge on any atom is -0.438 e. The first-order valence-electron chi connectivity index (χ1n) is 10.6. The van der Waals surface area contributed by atoms with E-state index in [0.29, 0.717) is 5.15 Å². The van der Waals surface area contributed by atoms with Gasteiger partial charge in [-0.15, -0.1) is 0 Å². The van der Waals surface area contributed by atoms with Crippen LogP contribution >= 0.6 is 11.6 Å². The maximum absolute atomic E-state index is 6.76. The number of halogens is 1. The fraction of sp³-hybridized carbons (Fsp3) is 0.240. The van der Waals surface area contributed by atoms with Crippen molar-refractivity contribution in [2.45, 2.75) is 13.8 Å². The molecule has 0 amide bonds. The first-order chi connectivity index (χ1) is 15.1. The Morgan fingerprint density at radius 2 is 1.65 bits per heavy atom. The highest BCUT2D eigenvalue weighted by Gasteiger charge is 2.28. The molecule has 0 aliphatic carbocycles. The second kappa shape index (κ2) is 8.25. The lowest BCUT2D eigenvalue weighted by molar-refractivity contribution is 0.446. The molecule has 0 bridgehead atoms. The smallest absolute Gasteiger partial charge is 0.229 e. The van der Waals surface area contributed by atoms with Crippen LogP contribution in [-0.4, -0.2) is 35.7 Å². The molecular formula is C25H25ClN4O. The van der Waals surface area contributed by atoms with Crippen molar-refractivity contribution in [2.24, 2.45) is 0 Å². The molecule has 31 heavy (non-hydrogen) atoms. The number of pyridine rings is 1. The zero-order chi connectivity index (χ0) is 21.4. The Balaban J connectivity index is 1.83. The minimum absolute atomic E-state index is 0.467. The molecule has 0 radical (unpaired) electrons. The third-order valence-electron chi connectivity index (χ3n) is 5.82. The number of aryl methyl sites for hydroxylation is 2. The van der Waals surface area contributed by atoms with Crippen molar-refractivity contribution in [3.8, 4) is 17.3 Å². The standard InChI is InChI=1S/C25H25ClN4O/c1-17-7-6-8-18(2)23(17)31-25-22(29-15-13-27-14-16-29)20-11-12-28-24(26)21(20)30(25)19-9-4-3-5-10-19/h3-12,27H,13-16H2,1-2H3. The molecule has 0 saturated carbocycles. The molecule has 6 heteroatoms. The van der Waals surface area contributed by atoms with Crippen LogP contribution in [0.25, 0.3) is 16.6 Å². The summed E-state index contributed by atoms with van der Waals surface area (Å²) in [4.78, 5) is 6.78. The summed E-state index contributed by atoms with van der Waals surface area (Å²) in [5.74, 6) is 1.65. The predicted octanol–water partition coefficient (Wildman–Crippen LogP) is 5.50. The normalized spacial score (nSPS) is 14.2. The number of hydrogen-bond acceptors (Lipinski definition) is 4. The quantitative estimate of drug-likeness (QED) is 0.432. The van der Waals surface area contributed by atoms with Crippen molar-refractivity contribution in [1.29, 1.82) is 0 Å². The number of nitrogens with one attached hydrogen (secondary N) is 1. The number of rotatable bonds is 4. The van der Waals surface area contributed by atoms with Gasteiger partial charge >= 0.3 is 0 Å². The Morgan fingerprint density at radius 1 is 0.935 bits per heavy atom. The number of para-hydroxylation sites is 2. The molecule has 158 valence electrons. The average Bonchev–Trinajstić information content (AvgIpc) is 3.12. The number of benzene rings is 2. The van der Waals surface area contributed by atoms with Gasteiger partial charge in [-0.1, -0.05) is 48.0 Å². The fourth-order valence-electron chi connectivity index (χ4n) is 4.32. The molecule has 0 spiro atoms. The summed E-state index contributed by atoms with van der Waals surface area (Å²) >= 11 is 6.68. The fourth-order valence-corrected chi connectivity index (χ4v) is 4.57. The van der Waals surface area contributed by atoms with E-state index in [0.717, 1.165) is 71.2 Å². The predicted molar refractivity (Wildman–Crippen MR) is 127 cm³/mol. The highest BCUT2D eigenvalue weighted by atomic mass is 35.5. The zero-order valence-electron chi connectivity index (χ0n) is 17.7. The molecule has 1 saturated heterocycles. The highest BCUT2D eigenvalue weighted by Crippen LogP contribution is 2.46. The summed E-state index contributed by atoms with van der Waals surface area (Å²) < 4.78 is 8.87. The van der Waals surface area contributed by atoms with E-state index in [4.69, 9.17) is 16.3 Å². The molecule has 1 fully saturated rings. The first-order valence-corrected chi connectivity index (χ1v) is 11.0. The number of anilines is 1. The van der Waals surface area contributed by atoms with Crippen LogP contribution in [0.2, 0.25) is 5.15 Å². The highest BCUT2D eigenvalue weighted by molar-refractivity contribution is 6.34. The van der Waals surface area contributed by atoms with E-state index in [1.54, 1.807) is 6.20 Å². The van der Waals surface area contributed by atoms with Gasteiger partial charge in [-0.2, -0.15) is 0 Å². The Bertz CT molecular complexity index is 1210. The molecule has 2 aromatic heterocycles. The van der Waals surface area contributed by atoms with Crippen molar-refractivity contribution < 1.29 is 4.74 Å². The minimum atomic E-state index is 0.467. The van der Waals surface area contributed by atoms with E-state index in [9.17, 15) is 0 Å². The van der Waals surface area contributed by atoms with Gasteiger partial charge in [0.1, 0.15) is 11.4 Å². The number of ether oxygens (including phenoxy) is 1. The van der Waals surface area contributed by atoms with Crippen LogP contribution in [-0.2, 0) is 0 Å². The number of fused-ring (bicyclic) bond motifs is 1. The van der Waals surface area contributed by atoms with E-state index in [1.165, 1.54) is 0 Å². The Hall–Kier alpha value is -3.02. The maximum atomic E-state index is 6.76. The lowest BCUT2D eigenvalue weighted by atomic mass is 10.1. The van der Waals surface area contributed by atoms with Gasteiger partial charge in [0.15, 0.2) is 5.15 Å². The summed E-state index contributed by atoms with van der Waals surface area (Å²) in [7, 11) is 0. The van der Waals surface area contributed by atoms with Crippen LogP contribution in [0.5, 0.6) is 11.6 Å². The molecule has 1 N–H and O–H groups in total. The summed E-state index contributed by atoms with van der Waals surface area (Å²) in [6.07, 6.45) is 1.77. The van der Waals surface area contributed by atoms with Gasteiger partial charge in [0.2, 0.25) is 5.88 Å². The van der Waals surface area contributed by atoms with Crippen LogP contribution in [0.3, 0.4) is 0 Å². The van der Waals surface area contributed by atoms with Gasteiger partial charge in [-0.05, 0) is 43.2 Å². The molecule has 0 atom stereocenters. The van der Waals surface area contributed by atoms with E-state index in [2.05, 4.69) is 63.9 Å². The average molecular weight is 433 g/mol. The lowest BCUT2D eigenvalue weighted by Gasteiger charge is -2.30. The van der Waals surface area contributed by atoms with Gasteiger partial charge in [0.25, 0.3) is 0 Å². The zero-order valence-corrected chi connectivity index (χ0v) is 18.5. The Labute approximate surface area is 187 Å². The molecular weight excluding hydrogens is 408 g/mol. The summed E-state index contributed by atoms with van der Waals surface area (Å²) in [6, 6.07) is 18.5. The summed E-state index contributed by atoms with van der Waals surface area (Å²) in [5.41, 5.74) is 5.11. The second-order valence-corrected chi connectivity index (χ2v) is 8.24. The van der Waals surface area contributed by atoms with Crippen molar-refractivity contribution in [2.75, 3.05) is 31.1 Å². The molecule has 2 aromatic carbocycles. The SMILES string of the molecule is Cc1cccc(C)c1Oc1c(N2CCNCC2)c2ccnc(Cl)c2n1-c1ccccc1. The van der Waals surface area contributed by atoms with Crippen LogP contribution in [0.1, 0.15) is 11.1 Å². The monoisotopic (exact) mass is 432 g/mol. The van der Waals surface area contributed by atoms with E-state index in [1.807, 2.05) is 24.3 Å². The second-order valence-electron chi connectivity index (χ2n) is 7.88. The van der Waals surface area contributed by atoms with Crippen LogP contribution in [0.15, 0.2) is 60.8 Å². The number of hydrogen-bond donors (Lipinski definition) is 1. The molecule has 3 heterocycles. The van der Waals surface area contributed by atoms with Crippen LogP contribution in [0, 0.1) is 13.8 Å². The molecule has 5 nitrogen and oxygen atoms in total. The van der Waals surface area contributed by atoms with Crippen molar-refractivity contribution in [3.05, 3.63) is 77.1 Å². The number of piperazine rings is 1. The largest absolute Gasteiger partial charge is 0.438 e. The van der Waals surface area contributed by atoms with Gasteiger partial charge in [-0.3, -0.25) is 4.57 Å². The molecule has 1 aliphatic rings.